The van der Waals surface area contributed by atoms with Gasteiger partial charge in [-0.3, -0.25) is 23.6 Å². The molecule has 178 valence electrons. The number of carbonyl (C=O) groups excluding carboxylic acids is 2. The lowest BCUT2D eigenvalue weighted by atomic mass is 10.3. The first-order valence-corrected chi connectivity index (χ1v) is 10.3. The average molecular weight is 487 g/mol. The van der Waals surface area contributed by atoms with Gasteiger partial charge in [0.1, 0.15) is 5.69 Å². The lowest BCUT2D eigenvalue weighted by Crippen LogP contribution is -2.22. The van der Waals surface area contributed by atoms with Crippen LogP contribution in [0.2, 0.25) is 5.02 Å². The largest absolute Gasteiger partial charge is 0.436 e. The number of alkyl halides is 3. The first kappa shape index (κ1) is 24.3. The monoisotopic (exact) mass is 486 g/mol. The summed E-state index contributed by atoms with van der Waals surface area (Å²) in [7, 11) is 1.74. The highest BCUT2D eigenvalue weighted by Crippen LogP contribution is 2.35. The fraction of sp³-hybridized carbons (Fsp3) is 0.421. The molecular weight excluding hydrogens is 465 g/mol. The van der Waals surface area contributed by atoms with Crippen molar-refractivity contribution in [3.63, 3.8) is 0 Å². The zero-order chi connectivity index (χ0) is 24.5. The van der Waals surface area contributed by atoms with Crippen LogP contribution in [0.3, 0.4) is 0 Å². The van der Waals surface area contributed by atoms with E-state index >= 15 is 0 Å². The second kappa shape index (κ2) is 9.25. The average Bonchev–Trinajstić information content (AvgIpc) is 3.38. The van der Waals surface area contributed by atoms with E-state index in [1.807, 2.05) is 0 Å². The van der Waals surface area contributed by atoms with Crippen molar-refractivity contribution in [2.24, 2.45) is 7.05 Å². The summed E-state index contributed by atoms with van der Waals surface area (Å²) in [5.74, 6) is -1.03. The summed E-state index contributed by atoms with van der Waals surface area (Å²) in [4.78, 5) is 25.4. The standard InChI is InChI=1S/C19H22ClF3N8O2/c1-5-30-16(18(33)27-12-8-24-29(4)10(12)2)13(9-25-30)26-14(32)6-7-31-11(3)15(20)17(28-31)19(21,22)23/h8-9H,5-7H2,1-4H3,(H,26,32)(H,27,33). The highest BCUT2D eigenvalue weighted by atomic mass is 35.5. The van der Waals surface area contributed by atoms with E-state index in [1.165, 1.54) is 24.0 Å². The Labute approximate surface area is 191 Å². The topological polar surface area (TPSA) is 112 Å². The van der Waals surface area contributed by atoms with Gasteiger partial charge in [0.2, 0.25) is 5.91 Å². The number of aromatic nitrogens is 6. The highest BCUT2D eigenvalue weighted by Gasteiger charge is 2.38. The van der Waals surface area contributed by atoms with Crippen LogP contribution >= 0.6 is 11.6 Å². The summed E-state index contributed by atoms with van der Waals surface area (Å²) >= 11 is 5.73. The Morgan fingerprint density at radius 2 is 1.73 bits per heavy atom. The van der Waals surface area contributed by atoms with Crippen LogP contribution in [0, 0.1) is 13.8 Å². The Kier molecular flexibility index (Phi) is 6.81. The maximum atomic E-state index is 13.0. The van der Waals surface area contributed by atoms with Gasteiger partial charge in [0.25, 0.3) is 5.91 Å². The van der Waals surface area contributed by atoms with Crippen LogP contribution in [0.1, 0.15) is 40.9 Å². The maximum absolute atomic E-state index is 13.0. The molecule has 0 aliphatic rings. The third-order valence-electron chi connectivity index (χ3n) is 5.06. The Morgan fingerprint density at radius 3 is 2.27 bits per heavy atom. The number of rotatable bonds is 7. The van der Waals surface area contributed by atoms with Crippen molar-refractivity contribution in [1.29, 1.82) is 0 Å². The zero-order valence-electron chi connectivity index (χ0n) is 18.3. The molecule has 33 heavy (non-hydrogen) atoms. The number of carbonyl (C=O) groups is 2. The summed E-state index contributed by atoms with van der Waals surface area (Å²) in [6.45, 7) is 5.20. The second-order valence-corrected chi connectivity index (χ2v) is 7.59. The lowest BCUT2D eigenvalue weighted by Gasteiger charge is -2.10. The molecule has 14 heteroatoms. The smallest absolute Gasteiger partial charge is 0.323 e. The molecule has 0 unspecified atom stereocenters. The van der Waals surface area contributed by atoms with E-state index in [1.54, 1.807) is 25.6 Å². The van der Waals surface area contributed by atoms with Gasteiger partial charge >= 0.3 is 6.18 Å². The molecule has 0 aliphatic heterocycles. The fourth-order valence-electron chi connectivity index (χ4n) is 3.10. The molecule has 3 aromatic heterocycles. The van der Waals surface area contributed by atoms with Crippen LogP contribution in [0.4, 0.5) is 24.5 Å². The van der Waals surface area contributed by atoms with Gasteiger partial charge in [0, 0.05) is 20.0 Å². The van der Waals surface area contributed by atoms with Crippen molar-refractivity contribution >= 4 is 34.8 Å². The van der Waals surface area contributed by atoms with E-state index in [-0.39, 0.29) is 30.0 Å². The van der Waals surface area contributed by atoms with E-state index in [0.717, 1.165) is 10.4 Å². The van der Waals surface area contributed by atoms with E-state index in [2.05, 4.69) is 25.9 Å². The van der Waals surface area contributed by atoms with Gasteiger partial charge in [-0.1, -0.05) is 11.6 Å². The molecule has 3 aromatic rings. The van der Waals surface area contributed by atoms with Crippen molar-refractivity contribution in [3.05, 3.63) is 40.2 Å². The number of aryl methyl sites for hydroxylation is 3. The number of nitrogens with one attached hydrogen (secondary N) is 2. The van der Waals surface area contributed by atoms with Gasteiger partial charge in [-0.05, 0) is 20.8 Å². The van der Waals surface area contributed by atoms with Crippen molar-refractivity contribution < 1.29 is 22.8 Å². The molecule has 0 fully saturated rings. The molecule has 3 rings (SSSR count). The normalized spacial score (nSPS) is 11.6. The molecule has 3 heterocycles. The SMILES string of the molecule is CCn1ncc(NC(=O)CCn2nc(C(F)(F)F)c(Cl)c2C)c1C(=O)Nc1cnn(C)c1C. The second-order valence-electron chi connectivity index (χ2n) is 7.21. The molecule has 0 saturated heterocycles. The molecule has 0 spiro atoms. The molecule has 0 aliphatic carbocycles. The van der Waals surface area contributed by atoms with E-state index in [0.29, 0.717) is 12.2 Å². The van der Waals surface area contributed by atoms with Crippen molar-refractivity contribution in [1.82, 2.24) is 29.3 Å². The van der Waals surface area contributed by atoms with Crippen LogP contribution in [0.15, 0.2) is 12.4 Å². The minimum absolute atomic E-state index is 0.0995. The zero-order valence-corrected chi connectivity index (χ0v) is 19.0. The van der Waals surface area contributed by atoms with Gasteiger partial charge in [-0.2, -0.15) is 28.5 Å². The number of anilines is 2. The van der Waals surface area contributed by atoms with Crippen LogP contribution in [-0.4, -0.2) is 41.2 Å². The minimum atomic E-state index is -4.70. The van der Waals surface area contributed by atoms with E-state index in [4.69, 9.17) is 11.6 Å². The van der Waals surface area contributed by atoms with E-state index < -0.39 is 28.7 Å². The van der Waals surface area contributed by atoms with Crippen LogP contribution < -0.4 is 10.6 Å². The van der Waals surface area contributed by atoms with Gasteiger partial charge in [-0.25, -0.2) is 0 Å². The fourth-order valence-corrected chi connectivity index (χ4v) is 3.34. The molecule has 0 saturated carbocycles. The van der Waals surface area contributed by atoms with Gasteiger partial charge in [0.05, 0.1) is 46.7 Å². The summed E-state index contributed by atoms with van der Waals surface area (Å²) in [6.07, 6.45) is -2.05. The van der Waals surface area contributed by atoms with Crippen molar-refractivity contribution in [2.45, 2.75) is 46.5 Å². The third kappa shape index (κ3) is 5.02. The number of hydrogen-bond donors (Lipinski definition) is 2. The molecule has 2 amide bonds. The lowest BCUT2D eigenvalue weighted by molar-refractivity contribution is -0.141. The van der Waals surface area contributed by atoms with Crippen LogP contribution in [0.25, 0.3) is 0 Å². The predicted molar refractivity (Wildman–Crippen MR) is 114 cm³/mol. The van der Waals surface area contributed by atoms with Gasteiger partial charge < -0.3 is 10.6 Å². The summed E-state index contributed by atoms with van der Waals surface area (Å²) in [5, 5.41) is 16.5. The molecule has 0 bridgehead atoms. The number of hydrogen-bond acceptors (Lipinski definition) is 5. The molecule has 2 N–H and O–H groups in total. The Balaban J connectivity index is 1.73. The van der Waals surface area contributed by atoms with Gasteiger partial charge in [-0.15, -0.1) is 0 Å². The van der Waals surface area contributed by atoms with Crippen LogP contribution in [-0.2, 0) is 31.1 Å². The first-order chi connectivity index (χ1) is 15.4. The molecular formula is C19H22ClF3N8O2. The molecule has 0 radical (unpaired) electrons. The predicted octanol–water partition coefficient (Wildman–Crippen LogP) is 3.40. The molecule has 0 aromatic carbocycles. The third-order valence-corrected chi connectivity index (χ3v) is 5.52. The minimum Gasteiger partial charge on any atom is -0.323 e. The summed E-state index contributed by atoms with van der Waals surface area (Å²) in [6, 6.07) is 0. The first-order valence-electron chi connectivity index (χ1n) is 9.89. The quantitative estimate of drug-likeness (QED) is 0.531. The number of halogens is 4. The summed E-state index contributed by atoms with van der Waals surface area (Å²) < 4.78 is 43.0. The van der Waals surface area contributed by atoms with Crippen molar-refractivity contribution in [2.75, 3.05) is 10.6 Å². The number of nitrogens with zero attached hydrogens (tertiary/aromatic N) is 6. The Hall–Kier alpha value is -3.35. The number of amides is 2. The van der Waals surface area contributed by atoms with Gasteiger partial charge in [0.15, 0.2) is 5.69 Å². The molecule has 10 nitrogen and oxygen atoms in total. The Bertz CT molecular complexity index is 1190. The molecule has 0 atom stereocenters. The van der Waals surface area contributed by atoms with Crippen LogP contribution in [0.5, 0.6) is 0 Å². The summed E-state index contributed by atoms with van der Waals surface area (Å²) in [5.41, 5.74) is 0.454. The Morgan fingerprint density at radius 1 is 1.06 bits per heavy atom. The highest BCUT2D eigenvalue weighted by molar-refractivity contribution is 6.31. The maximum Gasteiger partial charge on any atom is 0.436 e. The van der Waals surface area contributed by atoms with E-state index in [9.17, 15) is 22.8 Å². The van der Waals surface area contributed by atoms with Crippen molar-refractivity contribution in [3.8, 4) is 0 Å².